The third kappa shape index (κ3) is 2.82. The lowest BCUT2D eigenvalue weighted by Gasteiger charge is -2.10. The van der Waals surface area contributed by atoms with E-state index >= 15 is 0 Å². The average molecular weight is 284 g/mol. The van der Waals surface area contributed by atoms with E-state index in [2.05, 4.69) is 41.4 Å². The van der Waals surface area contributed by atoms with E-state index in [4.69, 9.17) is 4.98 Å². The topological polar surface area (TPSA) is 43.6 Å². The molecule has 1 aromatic carbocycles. The third-order valence-corrected chi connectivity index (χ3v) is 4.28. The van der Waals surface area contributed by atoms with E-state index in [1.165, 1.54) is 5.39 Å². The predicted octanol–water partition coefficient (Wildman–Crippen LogP) is 3.09. The summed E-state index contributed by atoms with van der Waals surface area (Å²) >= 11 is 1.73. The summed E-state index contributed by atoms with van der Waals surface area (Å²) in [7, 11) is 1.96. The van der Waals surface area contributed by atoms with Crippen LogP contribution in [0.15, 0.2) is 47.9 Å². The van der Waals surface area contributed by atoms with Gasteiger partial charge in [-0.05, 0) is 12.1 Å². The lowest BCUT2D eigenvalue weighted by atomic mass is 10.1. The molecule has 0 radical (unpaired) electrons. The molecule has 2 aromatic heterocycles. The van der Waals surface area contributed by atoms with E-state index in [-0.39, 0.29) is 0 Å². The van der Waals surface area contributed by atoms with Gasteiger partial charge in [0.25, 0.3) is 0 Å². The minimum Gasteiger partial charge on any atom is -0.312 e. The van der Waals surface area contributed by atoms with Crippen LogP contribution in [0.2, 0.25) is 0 Å². The maximum Gasteiger partial charge on any atom is 0.191 e. The number of fused-ring (bicyclic) bond motifs is 1. The lowest BCUT2D eigenvalue weighted by molar-refractivity contribution is 0.780. The van der Waals surface area contributed by atoms with Crippen molar-refractivity contribution in [1.82, 2.24) is 19.7 Å². The van der Waals surface area contributed by atoms with Crippen molar-refractivity contribution in [1.29, 1.82) is 0 Å². The van der Waals surface area contributed by atoms with Gasteiger partial charge in [0, 0.05) is 29.8 Å². The number of hydrogen-bond acceptors (Lipinski definition) is 4. The molecule has 0 aliphatic carbocycles. The lowest BCUT2D eigenvalue weighted by Crippen LogP contribution is -2.05. The number of benzene rings is 1. The highest BCUT2D eigenvalue weighted by Gasteiger charge is 2.10. The van der Waals surface area contributed by atoms with Crippen LogP contribution in [0.5, 0.6) is 0 Å². The van der Waals surface area contributed by atoms with Crippen LogP contribution < -0.4 is 0 Å². The van der Waals surface area contributed by atoms with E-state index in [0.29, 0.717) is 5.25 Å². The van der Waals surface area contributed by atoms with Crippen LogP contribution in [-0.2, 0) is 13.5 Å². The second kappa shape index (κ2) is 5.63. The Morgan fingerprint density at radius 2 is 2.05 bits per heavy atom. The van der Waals surface area contributed by atoms with Crippen molar-refractivity contribution < 1.29 is 0 Å². The largest absolute Gasteiger partial charge is 0.312 e. The van der Waals surface area contributed by atoms with Gasteiger partial charge in [-0.15, -0.1) is 10.2 Å². The number of aryl methyl sites for hydroxylation is 1. The second-order valence-corrected chi connectivity index (χ2v) is 6.26. The molecule has 3 rings (SSSR count). The maximum absolute atomic E-state index is 4.71. The summed E-state index contributed by atoms with van der Waals surface area (Å²) in [5, 5.41) is 10.5. The molecule has 20 heavy (non-hydrogen) atoms. The van der Waals surface area contributed by atoms with Gasteiger partial charge in [0.1, 0.15) is 6.33 Å². The zero-order valence-electron chi connectivity index (χ0n) is 11.5. The molecule has 4 nitrogen and oxygen atoms in total. The second-order valence-electron chi connectivity index (χ2n) is 4.85. The van der Waals surface area contributed by atoms with Gasteiger partial charge >= 0.3 is 0 Å². The Labute approximate surface area is 122 Å². The molecule has 0 saturated heterocycles. The molecule has 0 spiro atoms. The number of thioether (sulfide) groups is 1. The minimum absolute atomic E-state index is 0.409. The highest BCUT2D eigenvalue weighted by atomic mass is 32.2. The molecule has 0 fully saturated rings. The molecular formula is C15H16N4S. The van der Waals surface area contributed by atoms with Crippen LogP contribution in [0.3, 0.4) is 0 Å². The van der Waals surface area contributed by atoms with Gasteiger partial charge in [-0.2, -0.15) is 0 Å². The Bertz CT molecular complexity index is 722. The van der Waals surface area contributed by atoms with Crippen LogP contribution in [-0.4, -0.2) is 25.0 Å². The van der Waals surface area contributed by atoms with Crippen molar-refractivity contribution in [2.75, 3.05) is 0 Å². The van der Waals surface area contributed by atoms with E-state index < -0.39 is 0 Å². The van der Waals surface area contributed by atoms with Crippen molar-refractivity contribution >= 4 is 22.7 Å². The fourth-order valence-corrected chi connectivity index (χ4v) is 3.04. The first-order valence-electron chi connectivity index (χ1n) is 6.58. The summed E-state index contributed by atoms with van der Waals surface area (Å²) in [4.78, 5) is 4.71. The molecular weight excluding hydrogens is 268 g/mol. The summed E-state index contributed by atoms with van der Waals surface area (Å²) < 4.78 is 1.94. The Hall–Kier alpha value is -1.88. The smallest absolute Gasteiger partial charge is 0.191 e. The molecule has 0 N–H and O–H groups in total. The van der Waals surface area contributed by atoms with E-state index in [9.17, 15) is 0 Å². The Morgan fingerprint density at radius 1 is 1.20 bits per heavy atom. The van der Waals surface area contributed by atoms with Gasteiger partial charge in [0.2, 0.25) is 0 Å². The van der Waals surface area contributed by atoms with Gasteiger partial charge in [0.05, 0.1) is 5.52 Å². The monoisotopic (exact) mass is 284 g/mol. The van der Waals surface area contributed by atoms with Gasteiger partial charge in [-0.1, -0.05) is 43.0 Å². The van der Waals surface area contributed by atoms with Crippen molar-refractivity contribution in [3.05, 3.63) is 48.4 Å². The van der Waals surface area contributed by atoms with Crippen LogP contribution in [0, 0.1) is 0 Å². The Balaban J connectivity index is 1.74. The fraction of sp³-hybridized carbons (Fsp3) is 0.267. The predicted molar refractivity (Wildman–Crippen MR) is 81.8 cm³/mol. The van der Waals surface area contributed by atoms with Crippen molar-refractivity contribution in [2.45, 2.75) is 23.8 Å². The first-order valence-corrected chi connectivity index (χ1v) is 7.45. The van der Waals surface area contributed by atoms with Gasteiger partial charge < -0.3 is 4.57 Å². The van der Waals surface area contributed by atoms with Crippen LogP contribution >= 0.6 is 11.8 Å². The van der Waals surface area contributed by atoms with Crippen molar-refractivity contribution in [3.63, 3.8) is 0 Å². The highest BCUT2D eigenvalue weighted by Crippen LogP contribution is 2.23. The van der Waals surface area contributed by atoms with Crippen molar-refractivity contribution in [3.8, 4) is 0 Å². The van der Waals surface area contributed by atoms with Crippen LogP contribution in [0.1, 0.15) is 12.6 Å². The molecule has 3 aromatic rings. The van der Waals surface area contributed by atoms with Crippen LogP contribution in [0.25, 0.3) is 10.9 Å². The molecule has 2 heterocycles. The molecule has 102 valence electrons. The van der Waals surface area contributed by atoms with Gasteiger partial charge in [-0.3, -0.25) is 4.98 Å². The minimum atomic E-state index is 0.409. The van der Waals surface area contributed by atoms with Gasteiger partial charge in [0.15, 0.2) is 5.16 Å². The number of pyridine rings is 1. The normalized spacial score (nSPS) is 12.7. The first-order chi connectivity index (χ1) is 9.72. The Kier molecular flexibility index (Phi) is 3.69. The summed E-state index contributed by atoms with van der Waals surface area (Å²) in [5.41, 5.74) is 2.17. The summed E-state index contributed by atoms with van der Waals surface area (Å²) in [6.45, 7) is 2.19. The van der Waals surface area contributed by atoms with E-state index in [0.717, 1.165) is 22.8 Å². The SMILES string of the molecule is CC(Cc1ccc2ccccc2n1)Sc1nncn1C. The Morgan fingerprint density at radius 3 is 2.85 bits per heavy atom. The zero-order valence-corrected chi connectivity index (χ0v) is 12.3. The summed E-state index contributed by atoms with van der Waals surface area (Å²) in [5.74, 6) is 0. The van der Waals surface area contributed by atoms with E-state index in [1.54, 1.807) is 18.1 Å². The number of rotatable bonds is 4. The molecule has 1 atom stereocenters. The molecule has 0 aliphatic heterocycles. The summed E-state index contributed by atoms with van der Waals surface area (Å²) in [6.07, 6.45) is 2.64. The highest BCUT2D eigenvalue weighted by molar-refractivity contribution is 7.99. The number of nitrogens with zero attached hydrogens (tertiary/aromatic N) is 4. The van der Waals surface area contributed by atoms with E-state index in [1.807, 2.05) is 23.7 Å². The number of aromatic nitrogens is 4. The molecule has 0 amide bonds. The van der Waals surface area contributed by atoms with Crippen LogP contribution in [0.4, 0.5) is 0 Å². The third-order valence-electron chi connectivity index (χ3n) is 3.13. The quantitative estimate of drug-likeness (QED) is 0.691. The summed E-state index contributed by atoms with van der Waals surface area (Å²) in [6, 6.07) is 12.4. The van der Waals surface area contributed by atoms with Gasteiger partial charge in [-0.25, -0.2) is 0 Å². The fourth-order valence-electron chi connectivity index (χ4n) is 2.12. The number of hydrogen-bond donors (Lipinski definition) is 0. The first kappa shape index (κ1) is 13.1. The molecule has 0 bridgehead atoms. The van der Waals surface area contributed by atoms with Crippen molar-refractivity contribution in [2.24, 2.45) is 7.05 Å². The standard InChI is InChI=1S/C15H16N4S/c1-11(20-15-18-16-10-19(15)2)9-13-8-7-12-5-3-4-6-14(12)17-13/h3-8,10-11H,9H2,1-2H3. The average Bonchev–Trinajstić information content (AvgIpc) is 2.84. The molecule has 5 heteroatoms. The number of para-hydroxylation sites is 1. The molecule has 0 saturated carbocycles. The molecule has 0 aliphatic rings. The molecule has 1 unspecified atom stereocenters. The zero-order chi connectivity index (χ0) is 13.9. The maximum atomic E-state index is 4.71.